The normalized spacial score (nSPS) is 26.3. The molecule has 28 heavy (non-hydrogen) atoms. The van der Waals surface area contributed by atoms with Gasteiger partial charge in [-0.3, -0.25) is 4.79 Å². The van der Waals surface area contributed by atoms with Crippen LogP contribution in [0.2, 0.25) is 0 Å². The number of amides is 1. The molecular weight excluding hydrogens is 394 g/mol. The van der Waals surface area contributed by atoms with Crippen LogP contribution in [0.1, 0.15) is 37.8 Å². The van der Waals surface area contributed by atoms with Crippen LogP contribution in [-0.2, 0) is 10.5 Å². The van der Waals surface area contributed by atoms with E-state index in [-0.39, 0.29) is 18.3 Å². The van der Waals surface area contributed by atoms with Gasteiger partial charge in [-0.15, -0.1) is 24.2 Å². The summed E-state index contributed by atoms with van der Waals surface area (Å²) >= 11 is 1.58. The molecule has 1 heterocycles. The first-order valence-corrected chi connectivity index (χ1v) is 11.0. The standard InChI is InChI=1S/C21H27N3O2S.ClH/c22-17-9-15-7-4-8-16(10-17)20(15)24-19(25)13-27-12-18-11-26-21(23-18)14-5-2-1-3-6-14;/h1-3,5-6,11,15-17,20H,4,7-10,12-13,22H2,(H,24,25);1H. The molecule has 2 aliphatic rings. The number of hydrogen-bond donors (Lipinski definition) is 2. The maximum Gasteiger partial charge on any atom is 0.230 e. The Balaban J connectivity index is 0.00000225. The van der Waals surface area contributed by atoms with E-state index in [1.807, 2.05) is 30.3 Å². The highest BCUT2D eigenvalue weighted by Gasteiger charge is 2.39. The largest absolute Gasteiger partial charge is 0.444 e. The highest BCUT2D eigenvalue weighted by Crippen LogP contribution is 2.39. The van der Waals surface area contributed by atoms with Gasteiger partial charge in [0.2, 0.25) is 11.8 Å². The molecular formula is C21H28ClN3O2S. The van der Waals surface area contributed by atoms with Crippen molar-refractivity contribution in [1.82, 2.24) is 10.3 Å². The Kier molecular flexibility index (Phi) is 7.43. The fourth-order valence-corrected chi connectivity index (χ4v) is 5.30. The number of nitrogens with zero attached hydrogens (tertiary/aromatic N) is 1. The molecule has 1 aromatic heterocycles. The van der Waals surface area contributed by atoms with E-state index in [0.29, 0.717) is 41.3 Å². The van der Waals surface area contributed by atoms with Gasteiger partial charge in [0, 0.05) is 23.4 Å². The Morgan fingerprint density at radius 3 is 2.64 bits per heavy atom. The summed E-state index contributed by atoms with van der Waals surface area (Å²) in [5.74, 6) is 3.00. The maximum atomic E-state index is 12.4. The van der Waals surface area contributed by atoms with E-state index >= 15 is 0 Å². The second-order valence-electron chi connectivity index (χ2n) is 7.78. The first-order valence-electron chi connectivity index (χ1n) is 9.81. The zero-order valence-electron chi connectivity index (χ0n) is 15.9. The SMILES string of the molecule is Cl.NC1CC2CCCC(C1)C2NC(=O)CSCc1coc(-c2ccccc2)n1. The highest BCUT2D eigenvalue weighted by atomic mass is 35.5. The monoisotopic (exact) mass is 421 g/mol. The lowest BCUT2D eigenvalue weighted by Crippen LogP contribution is -2.54. The molecule has 0 saturated heterocycles. The lowest BCUT2D eigenvalue weighted by atomic mass is 9.67. The molecule has 0 spiro atoms. The molecule has 2 fully saturated rings. The van der Waals surface area contributed by atoms with E-state index < -0.39 is 0 Å². The Morgan fingerprint density at radius 2 is 1.93 bits per heavy atom. The summed E-state index contributed by atoms with van der Waals surface area (Å²) in [7, 11) is 0. The number of oxazole rings is 1. The molecule has 3 N–H and O–H groups in total. The maximum absolute atomic E-state index is 12.4. The minimum absolute atomic E-state index is 0. The van der Waals surface area contributed by atoms with E-state index in [9.17, 15) is 4.79 Å². The summed E-state index contributed by atoms with van der Waals surface area (Å²) in [4.78, 5) is 16.9. The number of hydrogen-bond acceptors (Lipinski definition) is 5. The summed E-state index contributed by atoms with van der Waals surface area (Å²) in [6.07, 6.45) is 7.46. The van der Waals surface area contributed by atoms with Crippen LogP contribution in [0.15, 0.2) is 41.0 Å². The minimum atomic E-state index is 0. The number of carbonyl (C=O) groups is 1. The number of rotatable bonds is 6. The first-order chi connectivity index (χ1) is 13.2. The van der Waals surface area contributed by atoms with E-state index in [0.717, 1.165) is 24.1 Å². The molecule has 1 aromatic carbocycles. The highest BCUT2D eigenvalue weighted by molar-refractivity contribution is 7.99. The van der Waals surface area contributed by atoms with Crippen molar-refractivity contribution in [1.29, 1.82) is 0 Å². The molecule has 2 atom stereocenters. The first kappa shape index (κ1) is 21.2. The average molecular weight is 422 g/mol. The molecule has 2 saturated carbocycles. The minimum Gasteiger partial charge on any atom is -0.444 e. The molecule has 0 aliphatic heterocycles. The predicted octanol–water partition coefficient (Wildman–Crippen LogP) is 4.02. The summed E-state index contributed by atoms with van der Waals surface area (Å²) in [5, 5.41) is 3.30. The van der Waals surface area contributed by atoms with Crippen LogP contribution in [0.3, 0.4) is 0 Å². The van der Waals surface area contributed by atoms with Crippen molar-refractivity contribution in [2.24, 2.45) is 17.6 Å². The molecule has 1 amide bonds. The number of fused-ring (bicyclic) bond motifs is 2. The molecule has 2 bridgehead atoms. The molecule has 2 aliphatic carbocycles. The molecule has 2 unspecified atom stereocenters. The van der Waals surface area contributed by atoms with Crippen molar-refractivity contribution >= 4 is 30.1 Å². The number of nitrogens with two attached hydrogens (primary N) is 1. The van der Waals surface area contributed by atoms with E-state index in [1.165, 1.54) is 19.3 Å². The van der Waals surface area contributed by atoms with Gasteiger partial charge < -0.3 is 15.5 Å². The van der Waals surface area contributed by atoms with Gasteiger partial charge in [-0.25, -0.2) is 4.98 Å². The number of thioether (sulfide) groups is 1. The van der Waals surface area contributed by atoms with Gasteiger partial charge in [0.15, 0.2) is 0 Å². The third-order valence-electron chi connectivity index (χ3n) is 5.76. The third kappa shape index (κ3) is 5.10. The zero-order valence-corrected chi connectivity index (χ0v) is 17.5. The number of benzene rings is 1. The molecule has 0 radical (unpaired) electrons. The average Bonchev–Trinajstić information content (AvgIpc) is 3.12. The predicted molar refractivity (Wildman–Crippen MR) is 115 cm³/mol. The van der Waals surface area contributed by atoms with Gasteiger partial charge in [0.25, 0.3) is 0 Å². The van der Waals surface area contributed by atoms with Crippen molar-refractivity contribution in [3.63, 3.8) is 0 Å². The molecule has 5 nitrogen and oxygen atoms in total. The van der Waals surface area contributed by atoms with Gasteiger partial charge in [-0.2, -0.15) is 0 Å². The van der Waals surface area contributed by atoms with Crippen molar-refractivity contribution in [2.75, 3.05) is 5.75 Å². The Labute approximate surface area is 176 Å². The quantitative estimate of drug-likeness (QED) is 0.736. The van der Waals surface area contributed by atoms with Gasteiger partial charge >= 0.3 is 0 Å². The van der Waals surface area contributed by atoms with Crippen LogP contribution in [0.5, 0.6) is 0 Å². The Morgan fingerprint density at radius 1 is 1.21 bits per heavy atom. The van der Waals surface area contributed by atoms with Crippen LogP contribution in [0.4, 0.5) is 0 Å². The number of carbonyl (C=O) groups excluding carboxylic acids is 1. The summed E-state index contributed by atoms with van der Waals surface area (Å²) in [5.41, 5.74) is 8.01. The van der Waals surface area contributed by atoms with Crippen LogP contribution < -0.4 is 11.1 Å². The van der Waals surface area contributed by atoms with Gasteiger partial charge in [-0.1, -0.05) is 24.6 Å². The summed E-state index contributed by atoms with van der Waals surface area (Å²) in [6, 6.07) is 10.5. The van der Waals surface area contributed by atoms with Crippen LogP contribution >= 0.6 is 24.2 Å². The van der Waals surface area contributed by atoms with Crippen molar-refractivity contribution < 1.29 is 9.21 Å². The van der Waals surface area contributed by atoms with E-state index in [4.69, 9.17) is 10.2 Å². The molecule has 7 heteroatoms. The second kappa shape index (κ2) is 9.81. The number of halogens is 1. The fraction of sp³-hybridized carbons (Fsp3) is 0.524. The van der Waals surface area contributed by atoms with Crippen molar-refractivity contribution in [3.05, 3.63) is 42.3 Å². The van der Waals surface area contributed by atoms with Gasteiger partial charge in [0.1, 0.15) is 6.26 Å². The third-order valence-corrected chi connectivity index (χ3v) is 6.73. The van der Waals surface area contributed by atoms with E-state index in [2.05, 4.69) is 10.3 Å². The van der Waals surface area contributed by atoms with Crippen LogP contribution in [-0.4, -0.2) is 28.7 Å². The van der Waals surface area contributed by atoms with Crippen LogP contribution in [0, 0.1) is 11.8 Å². The smallest absolute Gasteiger partial charge is 0.230 e. The zero-order chi connectivity index (χ0) is 18.6. The lowest BCUT2D eigenvalue weighted by molar-refractivity contribution is -0.120. The molecule has 152 valence electrons. The Bertz CT molecular complexity index is 756. The molecule has 4 rings (SSSR count). The Hall–Kier alpha value is -1.50. The number of nitrogens with one attached hydrogen (secondary N) is 1. The van der Waals surface area contributed by atoms with Crippen LogP contribution in [0.25, 0.3) is 11.5 Å². The van der Waals surface area contributed by atoms with E-state index in [1.54, 1.807) is 18.0 Å². The number of aromatic nitrogens is 1. The fourth-order valence-electron chi connectivity index (χ4n) is 4.59. The van der Waals surface area contributed by atoms with Crippen molar-refractivity contribution in [3.8, 4) is 11.5 Å². The van der Waals surface area contributed by atoms with Crippen molar-refractivity contribution in [2.45, 2.75) is 49.9 Å². The summed E-state index contributed by atoms with van der Waals surface area (Å²) < 4.78 is 5.55. The lowest BCUT2D eigenvalue weighted by Gasteiger charge is -2.45. The topological polar surface area (TPSA) is 81.1 Å². The summed E-state index contributed by atoms with van der Waals surface area (Å²) in [6.45, 7) is 0. The molecule has 2 aromatic rings. The van der Waals surface area contributed by atoms with Gasteiger partial charge in [-0.05, 0) is 49.7 Å². The second-order valence-corrected chi connectivity index (χ2v) is 8.76. The van der Waals surface area contributed by atoms with Gasteiger partial charge in [0.05, 0.1) is 11.4 Å².